The number of hydrogen-bond donors (Lipinski definition) is 0. The van der Waals surface area contributed by atoms with Gasteiger partial charge in [0.2, 0.25) is 0 Å². The molecule has 0 fully saturated rings. The molecular formula is C51H80O6. The number of esters is 3. The molecule has 0 aromatic carbocycles. The molecule has 6 nitrogen and oxygen atoms in total. The van der Waals surface area contributed by atoms with Gasteiger partial charge in [0.05, 0.1) is 0 Å². The van der Waals surface area contributed by atoms with Crippen molar-refractivity contribution in [3.63, 3.8) is 0 Å². The van der Waals surface area contributed by atoms with E-state index in [2.05, 4.69) is 75.5 Å². The van der Waals surface area contributed by atoms with Crippen LogP contribution in [0.15, 0.2) is 109 Å². The molecule has 320 valence electrons. The second-order valence-corrected chi connectivity index (χ2v) is 14.4. The molecule has 0 bridgehead atoms. The lowest BCUT2D eigenvalue weighted by Crippen LogP contribution is -2.30. The number of carbonyl (C=O) groups excluding carboxylic acids is 3. The Bertz CT molecular complexity index is 1230. The van der Waals surface area contributed by atoms with Gasteiger partial charge in [-0.2, -0.15) is 0 Å². The van der Waals surface area contributed by atoms with E-state index >= 15 is 0 Å². The van der Waals surface area contributed by atoms with E-state index in [1.54, 1.807) is 0 Å². The van der Waals surface area contributed by atoms with E-state index < -0.39 is 12.1 Å². The molecule has 0 N–H and O–H groups in total. The predicted molar refractivity (Wildman–Crippen MR) is 242 cm³/mol. The van der Waals surface area contributed by atoms with Crippen molar-refractivity contribution in [2.45, 2.75) is 181 Å². The van der Waals surface area contributed by atoms with Crippen molar-refractivity contribution in [1.29, 1.82) is 0 Å². The highest BCUT2D eigenvalue weighted by atomic mass is 16.6. The summed E-state index contributed by atoms with van der Waals surface area (Å²) in [7, 11) is 0. The van der Waals surface area contributed by atoms with Crippen LogP contribution in [0, 0.1) is 0 Å². The molecule has 1 unspecified atom stereocenters. The number of ether oxygens (including phenoxy) is 3. The van der Waals surface area contributed by atoms with Gasteiger partial charge in [-0.1, -0.05) is 194 Å². The predicted octanol–water partition coefficient (Wildman–Crippen LogP) is 14.4. The molecule has 0 aliphatic carbocycles. The Balaban J connectivity index is 4.54. The zero-order valence-electron chi connectivity index (χ0n) is 36.3. The highest BCUT2D eigenvalue weighted by molar-refractivity contribution is 5.71. The van der Waals surface area contributed by atoms with Crippen molar-refractivity contribution in [3.8, 4) is 0 Å². The molecule has 0 aromatic rings. The minimum Gasteiger partial charge on any atom is -0.462 e. The summed E-state index contributed by atoms with van der Waals surface area (Å²) >= 11 is 0. The van der Waals surface area contributed by atoms with Gasteiger partial charge in [-0.15, -0.1) is 0 Å². The third-order valence-corrected chi connectivity index (χ3v) is 8.93. The summed E-state index contributed by atoms with van der Waals surface area (Å²) in [5.74, 6) is -1.03. The number of unbranched alkanes of at least 4 members (excludes halogenated alkanes) is 15. The van der Waals surface area contributed by atoms with Crippen LogP contribution in [0.5, 0.6) is 0 Å². The van der Waals surface area contributed by atoms with Gasteiger partial charge in [0.25, 0.3) is 0 Å². The fourth-order valence-electron chi connectivity index (χ4n) is 5.57. The fraction of sp³-hybridized carbons (Fsp3) is 0.588. The van der Waals surface area contributed by atoms with Gasteiger partial charge in [-0.25, -0.2) is 0 Å². The molecule has 0 aliphatic rings. The van der Waals surface area contributed by atoms with Gasteiger partial charge < -0.3 is 14.2 Å². The van der Waals surface area contributed by atoms with Crippen molar-refractivity contribution in [3.05, 3.63) is 109 Å². The minimum absolute atomic E-state index is 0.118. The van der Waals surface area contributed by atoms with Crippen LogP contribution in [0.4, 0.5) is 0 Å². The summed E-state index contributed by atoms with van der Waals surface area (Å²) in [5.41, 5.74) is 0. The normalized spacial score (nSPS) is 13.1. The quantitative estimate of drug-likeness (QED) is 0.0204. The van der Waals surface area contributed by atoms with E-state index in [-0.39, 0.29) is 31.6 Å². The molecular weight excluding hydrogens is 709 g/mol. The maximum atomic E-state index is 12.7. The molecule has 0 amide bonds. The van der Waals surface area contributed by atoms with E-state index in [0.29, 0.717) is 19.3 Å². The Hall–Kier alpha value is -3.93. The minimum atomic E-state index is -0.823. The molecule has 6 heteroatoms. The second-order valence-electron chi connectivity index (χ2n) is 14.4. The van der Waals surface area contributed by atoms with Crippen LogP contribution in [0.1, 0.15) is 175 Å². The lowest BCUT2D eigenvalue weighted by molar-refractivity contribution is -0.167. The van der Waals surface area contributed by atoms with Crippen LogP contribution < -0.4 is 0 Å². The van der Waals surface area contributed by atoms with Crippen LogP contribution in [0.25, 0.3) is 0 Å². The standard InChI is InChI=1S/C51H80O6/c1-4-7-10-13-16-19-22-24-25-27-29-32-35-38-41-44-50(53)56-47-48(46-55-49(52)43-40-37-34-31-28-21-18-15-12-9-6-3)57-51(54)45-42-39-36-33-30-26-23-20-17-14-11-8-5-2/h7-8,10-11,13-20,22-23,26,30,33,36,48H,4-6,9,12,21,24-25,27-29,31-32,34-35,37-47H2,1-3H3/b10-7-,11-8-,16-13-,17-14-,18-15-,22-19-,23-20-,30-26-,36-33-. The van der Waals surface area contributed by atoms with Crippen molar-refractivity contribution < 1.29 is 28.6 Å². The van der Waals surface area contributed by atoms with Gasteiger partial charge in [0.1, 0.15) is 13.2 Å². The molecule has 0 aliphatic heterocycles. The Morgan fingerprint density at radius 3 is 1.18 bits per heavy atom. The number of carbonyl (C=O) groups is 3. The summed E-state index contributed by atoms with van der Waals surface area (Å²) in [6.07, 6.45) is 59.3. The molecule has 0 heterocycles. The summed E-state index contributed by atoms with van der Waals surface area (Å²) in [6, 6.07) is 0. The van der Waals surface area contributed by atoms with E-state index in [9.17, 15) is 14.4 Å². The van der Waals surface area contributed by atoms with Crippen molar-refractivity contribution in [1.82, 2.24) is 0 Å². The van der Waals surface area contributed by atoms with Gasteiger partial charge >= 0.3 is 17.9 Å². The monoisotopic (exact) mass is 789 g/mol. The van der Waals surface area contributed by atoms with Crippen molar-refractivity contribution >= 4 is 17.9 Å². The SMILES string of the molecule is CC\C=C/C=C\C=C/C=C\C=C/CCCC(=O)OC(COC(=O)CCCCCCC/C=C\CCCC)COC(=O)CCCCCCCCC\C=C/C=C\C=C/CC. The summed E-state index contributed by atoms with van der Waals surface area (Å²) in [4.78, 5) is 37.7. The second kappa shape index (κ2) is 44.8. The van der Waals surface area contributed by atoms with E-state index in [1.807, 2.05) is 54.7 Å². The Morgan fingerprint density at radius 2 is 0.719 bits per heavy atom. The lowest BCUT2D eigenvalue weighted by Gasteiger charge is -2.18. The number of allylic oxidation sites excluding steroid dienone is 18. The van der Waals surface area contributed by atoms with Crippen LogP contribution in [-0.2, 0) is 28.6 Å². The van der Waals surface area contributed by atoms with Crippen LogP contribution in [-0.4, -0.2) is 37.2 Å². The Kier molecular flexibility index (Phi) is 41.7. The van der Waals surface area contributed by atoms with Gasteiger partial charge in [0.15, 0.2) is 6.10 Å². The number of hydrogen-bond acceptors (Lipinski definition) is 6. The van der Waals surface area contributed by atoms with Crippen LogP contribution >= 0.6 is 0 Å². The van der Waals surface area contributed by atoms with Crippen LogP contribution in [0.3, 0.4) is 0 Å². The largest absolute Gasteiger partial charge is 0.462 e. The third kappa shape index (κ3) is 43.0. The first-order chi connectivity index (χ1) is 28.0. The number of rotatable bonds is 38. The Labute approximate surface area is 349 Å². The molecule has 1 atom stereocenters. The van der Waals surface area contributed by atoms with Gasteiger partial charge in [-0.3, -0.25) is 14.4 Å². The molecule has 0 rings (SSSR count). The van der Waals surface area contributed by atoms with Crippen LogP contribution in [0.2, 0.25) is 0 Å². The molecule has 57 heavy (non-hydrogen) atoms. The van der Waals surface area contributed by atoms with Gasteiger partial charge in [-0.05, 0) is 70.6 Å². The van der Waals surface area contributed by atoms with Gasteiger partial charge in [0, 0.05) is 19.3 Å². The molecule has 0 aromatic heterocycles. The Morgan fingerprint density at radius 1 is 0.368 bits per heavy atom. The average Bonchev–Trinajstić information content (AvgIpc) is 3.21. The van der Waals surface area contributed by atoms with Crippen molar-refractivity contribution in [2.75, 3.05) is 13.2 Å². The zero-order chi connectivity index (χ0) is 41.5. The highest BCUT2D eigenvalue weighted by Crippen LogP contribution is 2.12. The summed E-state index contributed by atoms with van der Waals surface area (Å²) in [6.45, 7) is 6.21. The van der Waals surface area contributed by atoms with E-state index in [0.717, 1.165) is 77.0 Å². The molecule has 0 saturated carbocycles. The highest BCUT2D eigenvalue weighted by Gasteiger charge is 2.19. The first-order valence-corrected chi connectivity index (χ1v) is 22.5. The molecule has 0 radical (unpaired) electrons. The topological polar surface area (TPSA) is 78.9 Å². The average molecular weight is 789 g/mol. The molecule has 0 saturated heterocycles. The third-order valence-electron chi connectivity index (χ3n) is 8.93. The summed E-state index contributed by atoms with van der Waals surface area (Å²) < 4.78 is 16.6. The molecule has 0 spiro atoms. The first-order valence-electron chi connectivity index (χ1n) is 22.5. The first kappa shape index (κ1) is 53.1. The summed E-state index contributed by atoms with van der Waals surface area (Å²) in [5, 5.41) is 0. The maximum absolute atomic E-state index is 12.7. The maximum Gasteiger partial charge on any atom is 0.306 e. The fourth-order valence-corrected chi connectivity index (χ4v) is 5.57. The van der Waals surface area contributed by atoms with E-state index in [4.69, 9.17) is 14.2 Å². The smallest absolute Gasteiger partial charge is 0.306 e. The lowest BCUT2D eigenvalue weighted by atomic mass is 10.1. The van der Waals surface area contributed by atoms with Crippen molar-refractivity contribution in [2.24, 2.45) is 0 Å². The van der Waals surface area contributed by atoms with E-state index in [1.165, 1.54) is 51.4 Å². The zero-order valence-corrected chi connectivity index (χ0v) is 36.3.